The van der Waals surface area contributed by atoms with E-state index in [9.17, 15) is 8.42 Å². The number of sulfonamides is 1. The Labute approximate surface area is 189 Å². The minimum absolute atomic E-state index is 0.160. The van der Waals surface area contributed by atoms with E-state index in [1.165, 1.54) is 0 Å². The summed E-state index contributed by atoms with van der Waals surface area (Å²) in [7, 11) is -3.80. The van der Waals surface area contributed by atoms with Crippen LogP contribution in [-0.4, -0.2) is 49.7 Å². The van der Waals surface area contributed by atoms with Crippen LogP contribution in [0.15, 0.2) is 52.2 Å². The number of ether oxygens (including phenoxy) is 1. The lowest BCUT2D eigenvalue weighted by atomic mass is 10.0. The van der Waals surface area contributed by atoms with Crippen LogP contribution in [-0.2, 0) is 14.8 Å². The van der Waals surface area contributed by atoms with Crippen molar-refractivity contribution in [1.82, 2.24) is 15.0 Å². The lowest BCUT2D eigenvalue weighted by Gasteiger charge is -2.29. The molecule has 1 aromatic carbocycles. The summed E-state index contributed by atoms with van der Waals surface area (Å²) in [6.45, 7) is 6.39. The predicted octanol–water partition coefficient (Wildman–Crippen LogP) is 3.56. The van der Waals surface area contributed by atoms with Crippen molar-refractivity contribution in [3.63, 3.8) is 0 Å². The first-order valence-corrected chi connectivity index (χ1v) is 12.0. The molecule has 8 nitrogen and oxygen atoms in total. The highest BCUT2D eigenvalue weighted by Crippen LogP contribution is 2.34. The molecular weight excluding hydrogens is 482 g/mol. The van der Waals surface area contributed by atoms with Gasteiger partial charge in [0.25, 0.3) is 10.0 Å². The average Bonchev–Trinajstić information content (AvgIpc) is 2.76. The molecule has 1 aliphatic heterocycles. The van der Waals surface area contributed by atoms with Crippen LogP contribution >= 0.6 is 15.9 Å². The molecule has 3 aromatic rings. The van der Waals surface area contributed by atoms with Gasteiger partial charge in [-0.1, -0.05) is 12.1 Å². The summed E-state index contributed by atoms with van der Waals surface area (Å²) in [5, 5.41) is 0. The van der Waals surface area contributed by atoms with Crippen LogP contribution < -0.4 is 9.62 Å². The number of anilines is 2. The lowest BCUT2D eigenvalue weighted by Crippen LogP contribution is -2.37. The van der Waals surface area contributed by atoms with Crippen molar-refractivity contribution in [2.75, 3.05) is 35.9 Å². The van der Waals surface area contributed by atoms with Gasteiger partial charge in [0.2, 0.25) is 0 Å². The Bertz CT molecular complexity index is 1210. The number of hydrogen-bond donors (Lipinski definition) is 1. The Morgan fingerprint density at radius 1 is 1.06 bits per heavy atom. The number of rotatable bonds is 5. The Balaban J connectivity index is 1.75. The highest BCUT2D eigenvalue weighted by atomic mass is 79.9. The van der Waals surface area contributed by atoms with Crippen LogP contribution in [0.5, 0.6) is 0 Å². The fourth-order valence-electron chi connectivity index (χ4n) is 3.45. The Morgan fingerprint density at radius 3 is 2.55 bits per heavy atom. The molecule has 0 unspecified atom stereocenters. The summed E-state index contributed by atoms with van der Waals surface area (Å²) >= 11 is 3.31. The second-order valence-corrected chi connectivity index (χ2v) is 9.66. The first kappa shape index (κ1) is 21.7. The number of morpholine rings is 1. The van der Waals surface area contributed by atoms with E-state index in [1.54, 1.807) is 49.8 Å². The summed E-state index contributed by atoms with van der Waals surface area (Å²) in [5.41, 5.74) is 3.35. The highest BCUT2D eigenvalue weighted by molar-refractivity contribution is 9.10. The minimum atomic E-state index is -3.80. The normalized spacial score (nSPS) is 14.5. The number of benzene rings is 1. The summed E-state index contributed by atoms with van der Waals surface area (Å²) < 4.78 is 34.6. The Kier molecular flexibility index (Phi) is 6.22. The van der Waals surface area contributed by atoms with Crippen LogP contribution in [0.4, 0.5) is 11.5 Å². The molecule has 0 radical (unpaired) electrons. The monoisotopic (exact) mass is 503 g/mol. The number of nitrogens with zero attached hydrogens (tertiary/aromatic N) is 4. The summed E-state index contributed by atoms with van der Waals surface area (Å²) in [4.78, 5) is 15.6. The zero-order valence-electron chi connectivity index (χ0n) is 17.2. The van der Waals surface area contributed by atoms with Crippen molar-refractivity contribution in [2.45, 2.75) is 18.7 Å². The molecule has 1 saturated heterocycles. The van der Waals surface area contributed by atoms with Gasteiger partial charge >= 0.3 is 0 Å². The highest BCUT2D eigenvalue weighted by Gasteiger charge is 2.22. The maximum Gasteiger partial charge on any atom is 0.263 e. The number of nitrogens with one attached hydrogen (secondary N) is 1. The molecule has 162 valence electrons. The Morgan fingerprint density at radius 2 is 1.81 bits per heavy atom. The molecule has 31 heavy (non-hydrogen) atoms. The number of hydrogen-bond acceptors (Lipinski definition) is 7. The van der Waals surface area contributed by atoms with Crippen molar-refractivity contribution in [3.05, 3.63) is 58.7 Å². The average molecular weight is 504 g/mol. The first-order valence-electron chi connectivity index (χ1n) is 9.75. The molecule has 4 rings (SSSR count). The molecule has 0 spiro atoms. The van der Waals surface area contributed by atoms with Crippen molar-refractivity contribution < 1.29 is 13.2 Å². The van der Waals surface area contributed by atoms with Gasteiger partial charge in [-0.15, -0.1) is 0 Å². The van der Waals surface area contributed by atoms with Gasteiger partial charge in [0.05, 0.1) is 30.3 Å². The molecule has 0 atom stereocenters. The zero-order chi connectivity index (χ0) is 22.0. The second-order valence-electron chi connectivity index (χ2n) is 7.15. The van der Waals surface area contributed by atoms with E-state index in [1.807, 2.05) is 6.92 Å². The van der Waals surface area contributed by atoms with Crippen molar-refractivity contribution in [1.29, 1.82) is 0 Å². The maximum absolute atomic E-state index is 13.0. The molecule has 1 aliphatic rings. The summed E-state index contributed by atoms with van der Waals surface area (Å²) in [6, 6.07) is 8.47. The SMILES string of the molecule is Cc1ncc(-c2c(C)ncnc2N2CCOCC2)cc1NS(=O)(=O)c1ccccc1Br. The molecule has 3 heterocycles. The van der Waals surface area contributed by atoms with Crippen molar-refractivity contribution >= 4 is 37.5 Å². The number of pyridine rings is 1. The number of halogens is 1. The minimum Gasteiger partial charge on any atom is -0.378 e. The van der Waals surface area contributed by atoms with Crippen molar-refractivity contribution in [3.8, 4) is 11.1 Å². The number of aryl methyl sites for hydroxylation is 2. The molecule has 2 aromatic heterocycles. The molecule has 0 saturated carbocycles. The third-order valence-electron chi connectivity index (χ3n) is 5.07. The maximum atomic E-state index is 13.0. The van der Waals surface area contributed by atoms with Gasteiger partial charge < -0.3 is 9.64 Å². The van der Waals surface area contributed by atoms with E-state index in [-0.39, 0.29) is 4.90 Å². The van der Waals surface area contributed by atoms with Gasteiger partial charge in [0.1, 0.15) is 17.0 Å². The van der Waals surface area contributed by atoms with Crippen LogP contribution in [0.25, 0.3) is 11.1 Å². The van der Waals surface area contributed by atoms with Crippen LogP contribution in [0.1, 0.15) is 11.4 Å². The van der Waals surface area contributed by atoms with E-state index < -0.39 is 10.0 Å². The van der Waals surface area contributed by atoms with Crippen molar-refractivity contribution in [2.24, 2.45) is 0 Å². The molecule has 1 N–H and O–H groups in total. The van der Waals surface area contributed by atoms with Gasteiger partial charge in [-0.05, 0) is 48.0 Å². The van der Waals surface area contributed by atoms with Crippen LogP contribution in [0.2, 0.25) is 0 Å². The smallest absolute Gasteiger partial charge is 0.263 e. The molecule has 0 aliphatic carbocycles. The third-order valence-corrected chi connectivity index (χ3v) is 7.45. The lowest BCUT2D eigenvalue weighted by molar-refractivity contribution is 0.122. The van der Waals surface area contributed by atoms with Gasteiger partial charge in [-0.3, -0.25) is 9.71 Å². The summed E-state index contributed by atoms with van der Waals surface area (Å²) in [5.74, 6) is 0.793. The van der Waals surface area contributed by atoms with E-state index >= 15 is 0 Å². The fraction of sp³-hybridized carbons (Fsp3) is 0.286. The van der Waals surface area contributed by atoms with E-state index in [2.05, 4.69) is 40.5 Å². The van der Waals surface area contributed by atoms with E-state index in [4.69, 9.17) is 4.74 Å². The molecule has 0 bridgehead atoms. The van der Waals surface area contributed by atoms with Gasteiger partial charge in [-0.25, -0.2) is 18.4 Å². The quantitative estimate of drug-likeness (QED) is 0.568. The van der Waals surface area contributed by atoms with Gasteiger partial charge in [0, 0.05) is 34.9 Å². The third kappa shape index (κ3) is 4.56. The largest absolute Gasteiger partial charge is 0.378 e. The summed E-state index contributed by atoms with van der Waals surface area (Å²) in [6.07, 6.45) is 3.27. The molecule has 1 fully saturated rings. The second kappa shape index (κ2) is 8.89. The molecule has 10 heteroatoms. The van der Waals surface area contributed by atoms with Gasteiger partial charge in [0.15, 0.2) is 0 Å². The fourth-order valence-corrected chi connectivity index (χ4v) is 5.56. The topological polar surface area (TPSA) is 97.3 Å². The first-order chi connectivity index (χ1) is 14.9. The zero-order valence-corrected chi connectivity index (χ0v) is 19.6. The van der Waals surface area contributed by atoms with Crippen LogP contribution in [0, 0.1) is 13.8 Å². The van der Waals surface area contributed by atoms with E-state index in [0.29, 0.717) is 29.1 Å². The standard InChI is InChI=1S/C21H22BrN5O3S/c1-14-18(26-31(28,29)19-6-4-3-5-17(19)22)11-16(12-23-14)20-15(2)24-13-25-21(20)27-7-9-30-10-8-27/h3-6,11-13,26H,7-10H2,1-2H3. The van der Waals surface area contributed by atoms with E-state index in [0.717, 1.165) is 35.7 Å². The molecule has 0 amide bonds. The van der Waals surface area contributed by atoms with Crippen LogP contribution in [0.3, 0.4) is 0 Å². The number of aromatic nitrogens is 3. The van der Waals surface area contributed by atoms with Gasteiger partial charge in [-0.2, -0.15) is 0 Å². The predicted molar refractivity (Wildman–Crippen MR) is 123 cm³/mol. The Hall–Kier alpha value is -2.56. The molecular formula is C21H22BrN5O3S.